The number of hydrogen-bond acceptors (Lipinski definition) is 2. The number of aromatic nitrogens is 1. The first-order chi connectivity index (χ1) is 8.78. The van der Waals surface area contributed by atoms with Crippen LogP contribution in [0.5, 0.6) is 0 Å². The average molecular weight is 277 g/mol. The van der Waals surface area contributed by atoms with Crippen LogP contribution in [-0.2, 0) is 13.1 Å². The Morgan fingerprint density at radius 2 is 2.17 bits per heavy atom. The molecule has 0 amide bonds. The van der Waals surface area contributed by atoms with Gasteiger partial charge in [0.2, 0.25) is 0 Å². The van der Waals surface area contributed by atoms with Crippen LogP contribution in [0.2, 0.25) is 5.02 Å². The third-order valence-electron chi connectivity index (χ3n) is 3.05. The Balaban J connectivity index is 2.13. The van der Waals surface area contributed by atoms with Crippen molar-refractivity contribution in [2.45, 2.75) is 13.1 Å². The first kappa shape index (κ1) is 11.8. The second kappa shape index (κ2) is 4.76. The number of hydrogen-bond donors (Lipinski definition) is 1. The third-order valence-corrected chi connectivity index (χ3v) is 4.15. The summed E-state index contributed by atoms with van der Waals surface area (Å²) in [5.74, 6) is 0. The van der Waals surface area contributed by atoms with Gasteiger partial charge in [0.15, 0.2) is 0 Å². The van der Waals surface area contributed by atoms with Crippen molar-refractivity contribution >= 4 is 33.8 Å². The average Bonchev–Trinajstić information content (AvgIpc) is 2.98. The molecule has 3 aromatic rings. The molecular formula is C14H13ClN2S. The van der Waals surface area contributed by atoms with Gasteiger partial charge in [-0.1, -0.05) is 23.7 Å². The van der Waals surface area contributed by atoms with Crippen molar-refractivity contribution in [1.82, 2.24) is 4.57 Å². The highest BCUT2D eigenvalue weighted by Crippen LogP contribution is 2.26. The minimum atomic E-state index is 0.551. The summed E-state index contributed by atoms with van der Waals surface area (Å²) in [7, 11) is 0. The van der Waals surface area contributed by atoms with Crippen molar-refractivity contribution < 1.29 is 0 Å². The molecule has 1 aromatic carbocycles. The van der Waals surface area contributed by atoms with Crippen LogP contribution in [0.4, 0.5) is 0 Å². The SMILES string of the molecule is NCc1cn(Cc2cccs2)c2cc(Cl)ccc12. The number of fused-ring (bicyclic) bond motifs is 1. The van der Waals surface area contributed by atoms with Gasteiger partial charge in [-0.05, 0) is 29.1 Å². The maximum absolute atomic E-state index is 6.08. The molecule has 0 unspecified atom stereocenters. The lowest BCUT2D eigenvalue weighted by atomic mass is 10.2. The number of benzene rings is 1. The molecule has 0 fully saturated rings. The van der Waals surface area contributed by atoms with E-state index in [4.69, 9.17) is 17.3 Å². The molecule has 0 bridgehead atoms. The lowest BCUT2D eigenvalue weighted by molar-refractivity contribution is 0.843. The number of nitrogens with two attached hydrogens (primary N) is 1. The molecule has 0 aliphatic carbocycles. The molecule has 0 spiro atoms. The smallest absolute Gasteiger partial charge is 0.0569 e. The van der Waals surface area contributed by atoms with E-state index in [-0.39, 0.29) is 0 Å². The standard InChI is InChI=1S/C14H13ClN2S/c15-11-3-4-13-10(7-16)8-17(14(13)6-11)9-12-2-1-5-18-12/h1-6,8H,7,9,16H2. The highest BCUT2D eigenvalue weighted by molar-refractivity contribution is 7.09. The molecule has 18 heavy (non-hydrogen) atoms. The van der Waals surface area contributed by atoms with Crippen LogP contribution in [0, 0.1) is 0 Å². The maximum atomic E-state index is 6.08. The van der Waals surface area contributed by atoms with Gasteiger partial charge in [0, 0.05) is 28.0 Å². The fourth-order valence-electron chi connectivity index (χ4n) is 2.21. The number of nitrogens with zero attached hydrogens (tertiary/aromatic N) is 1. The van der Waals surface area contributed by atoms with E-state index >= 15 is 0 Å². The molecule has 0 aliphatic rings. The van der Waals surface area contributed by atoms with Crippen molar-refractivity contribution in [3.8, 4) is 0 Å². The second-order valence-corrected chi connectivity index (χ2v) is 5.70. The monoisotopic (exact) mass is 276 g/mol. The normalized spacial score (nSPS) is 11.2. The van der Waals surface area contributed by atoms with Gasteiger partial charge in [0.25, 0.3) is 0 Å². The summed E-state index contributed by atoms with van der Waals surface area (Å²) in [5.41, 5.74) is 8.11. The minimum absolute atomic E-state index is 0.551. The summed E-state index contributed by atoms with van der Waals surface area (Å²) >= 11 is 7.85. The quantitative estimate of drug-likeness (QED) is 0.774. The van der Waals surface area contributed by atoms with Crippen molar-refractivity contribution in [3.05, 3.63) is 57.4 Å². The summed E-state index contributed by atoms with van der Waals surface area (Å²) in [6, 6.07) is 10.2. The van der Waals surface area contributed by atoms with E-state index < -0.39 is 0 Å². The largest absolute Gasteiger partial charge is 0.342 e. The first-order valence-corrected chi connectivity index (χ1v) is 7.03. The Kier molecular flexibility index (Phi) is 3.12. The Morgan fingerprint density at radius 3 is 2.89 bits per heavy atom. The van der Waals surface area contributed by atoms with Crippen LogP contribution in [0.3, 0.4) is 0 Å². The van der Waals surface area contributed by atoms with Crippen LogP contribution < -0.4 is 5.73 Å². The van der Waals surface area contributed by atoms with Gasteiger partial charge in [-0.2, -0.15) is 0 Å². The van der Waals surface area contributed by atoms with Crippen LogP contribution in [-0.4, -0.2) is 4.57 Å². The van der Waals surface area contributed by atoms with E-state index in [0.29, 0.717) is 6.54 Å². The van der Waals surface area contributed by atoms with E-state index in [1.54, 1.807) is 11.3 Å². The number of halogens is 1. The Hall–Kier alpha value is -1.29. The molecule has 2 aromatic heterocycles. The van der Waals surface area contributed by atoms with Crippen LogP contribution >= 0.6 is 22.9 Å². The predicted octanol–water partition coefficient (Wildman–Crippen LogP) is 3.86. The summed E-state index contributed by atoms with van der Waals surface area (Å²) in [6.45, 7) is 1.42. The Morgan fingerprint density at radius 1 is 1.28 bits per heavy atom. The van der Waals surface area contributed by atoms with Gasteiger partial charge in [-0.3, -0.25) is 0 Å². The molecule has 2 nitrogen and oxygen atoms in total. The van der Waals surface area contributed by atoms with E-state index in [1.807, 2.05) is 18.2 Å². The van der Waals surface area contributed by atoms with Gasteiger partial charge < -0.3 is 10.3 Å². The van der Waals surface area contributed by atoms with Gasteiger partial charge in [-0.15, -0.1) is 11.3 Å². The minimum Gasteiger partial charge on any atom is -0.342 e. The highest BCUT2D eigenvalue weighted by Gasteiger charge is 2.08. The molecule has 0 aliphatic heterocycles. The molecule has 0 saturated heterocycles. The molecule has 0 radical (unpaired) electrons. The lowest BCUT2D eigenvalue weighted by Gasteiger charge is -2.03. The number of rotatable bonds is 3. The fraction of sp³-hybridized carbons (Fsp3) is 0.143. The highest BCUT2D eigenvalue weighted by atomic mass is 35.5. The molecular weight excluding hydrogens is 264 g/mol. The zero-order valence-electron chi connectivity index (χ0n) is 9.77. The van der Waals surface area contributed by atoms with Crippen LogP contribution in [0.25, 0.3) is 10.9 Å². The number of thiophene rings is 1. The Labute approximate surface area is 115 Å². The Bertz CT molecular complexity index is 670. The molecule has 3 rings (SSSR count). The van der Waals surface area contributed by atoms with E-state index in [9.17, 15) is 0 Å². The van der Waals surface area contributed by atoms with Crippen molar-refractivity contribution in [2.75, 3.05) is 0 Å². The lowest BCUT2D eigenvalue weighted by Crippen LogP contribution is -1.97. The van der Waals surface area contributed by atoms with Gasteiger partial charge in [0.05, 0.1) is 12.1 Å². The summed E-state index contributed by atoms with van der Waals surface area (Å²) in [4.78, 5) is 1.33. The zero-order valence-corrected chi connectivity index (χ0v) is 11.3. The predicted molar refractivity (Wildman–Crippen MR) is 78.3 cm³/mol. The molecule has 0 atom stereocenters. The molecule has 2 heterocycles. The zero-order chi connectivity index (χ0) is 12.5. The van der Waals surface area contributed by atoms with Crippen molar-refractivity contribution in [1.29, 1.82) is 0 Å². The maximum Gasteiger partial charge on any atom is 0.0569 e. The molecule has 2 N–H and O–H groups in total. The summed E-state index contributed by atoms with van der Waals surface area (Å²) < 4.78 is 2.22. The van der Waals surface area contributed by atoms with Gasteiger partial charge >= 0.3 is 0 Å². The molecule has 4 heteroatoms. The first-order valence-electron chi connectivity index (χ1n) is 5.77. The van der Waals surface area contributed by atoms with E-state index in [1.165, 1.54) is 15.8 Å². The summed E-state index contributed by atoms with van der Waals surface area (Å²) in [6.07, 6.45) is 2.13. The molecule has 0 saturated carbocycles. The second-order valence-electron chi connectivity index (χ2n) is 4.23. The topological polar surface area (TPSA) is 30.9 Å². The van der Waals surface area contributed by atoms with E-state index in [0.717, 1.165) is 17.1 Å². The van der Waals surface area contributed by atoms with Crippen molar-refractivity contribution in [3.63, 3.8) is 0 Å². The van der Waals surface area contributed by atoms with Gasteiger partial charge in [-0.25, -0.2) is 0 Å². The molecule has 92 valence electrons. The summed E-state index contributed by atoms with van der Waals surface area (Å²) in [5, 5.41) is 4.05. The van der Waals surface area contributed by atoms with Gasteiger partial charge in [0.1, 0.15) is 0 Å². The third kappa shape index (κ3) is 2.05. The van der Waals surface area contributed by atoms with Crippen LogP contribution in [0.1, 0.15) is 10.4 Å². The fourth-order valence-corrected chi connectivity index (χ4v) is 3.07. The van der Waals surface area contributed by atoms with Crippen LogP contribution in [0.15, 0.2) is 41.9 Å². The van der Waals surface area contributed by atoms with E-state index in [2.05, 4.69) is 28.3 Å². The van der Waals surface area contributed by atoms with Crippen molar-refractivity contribution in [2.24, 2.45) is 5.73 Å².